The molecule has 1 aromatic carbocycles. The number of fused-ring (bicyclic) bond motifs is 5. The Morgan fingerprint density at radius 1 is 1.18 bits per heavy atom. The SMILES string of the molecule is CC[C@@]1(O)C(=O)OCc2c1cc1n(c2=O)Cc2c-1nc1cc(F)c(C)c3c1c2[C@@H](NC(=O)CN(CCNC(=O)O)CCOC1CCCCO1)CC3. The number of carbonyl (C=O) groups excluding carboxylic acids is 2. The molecule has 2 aromatic heterocycles. The van der Waals surface area contributed by atoms with Gasteiger partial charge < -0.3 is 39.6 Å². The maximum Gasteiger partial charge on any atom is 0.404 e. The fourth-order valence-corrected chi connectivity index (χ4v) is 7.89. The molecule has 4 N–H and O–H groups in total. The molecular formula is C36H42FN5O9. The molecule has 1 aliphatic carbocycles. The molecule has 0 bridgehead atoms. The third kappa shape index (κ3) is 6.36. The molecule has 0 saturated carbocycles. The molecule has 15 heteroatoms. The number of aliphatic hydroxyl groups is 1. The molecule has 5 heterocycles. The van der Waals surface area contributed by atoms with Crippen LogP contribution in [0.2, 0.25) is 0 Å². The lowest BCUT2D eigenvalue weighted by Gasteiger charge is -2.31. The van der Waals surface area contributed by atoms with Gasteiger partial charge in [0, 0.05) is 48.8 Å². The Balaban J connectivity index is 1.21. The predicted octanol–water partition coefficient (Wildman–Crippen LogP) is 2.74. The first-order valence-electron chi connectivity index (χ1n) is 17.5. The number of nitrogens with one attached hydrogen (secondary N) is 2. The van der Waals surface area contributed by atoms with Crippen LogP contribution >= 0.6 is 0 Å². The number of carbonyl (C=O) groups is 3. The fraction of sp³-hybridized carbons (Fsp3) is 0.528. The number of amides is 2. The summed E-state index contributed by atoms with van der Waals surface area (Å²) in [6.07, 6.45) is 2.29. The first kappa shape index (κ1) is 35.0. The summed E-state index contributed by atoms with van der Waals surface area (Å²) in [5, 5.41) is 26.7. The van der Waals surface area contributed by atoms with Crippen molar-refractivity contribution in [1.82, 2.24) is 25.1 Å². The largest absolute Gasteiger partial charge is 0.465 e. The van der Waals surface area contributed by atoms with E-state index in [9.17, 15) is 24.3 Å². The number of ether oxygens (including phenoxy) is 3. The highest BCUT2D eigenvalue weighted by Crippen LogP contribution is 2.46. The van der Waals surface area contributed by atoms with Crippen molar-refractivity contribution in [2.75, 3.05) is 39.4 Å². The molecule has 2 amide bonds. The number of esters is 1. The van der Waals surface area contributed by atoms with Crippen LogP contribution in [-0.2, 0) is 49.0 Å². The van der Waals surface area contributed by atoms with Gasteiger partial charge in [-0.25, -0.2) is 19.0 Å². The highest BCUT2D eigenvalue weighted by atomic mass is 19.1. The molecule has 1 saturated heterocycles. The number of aromatic nitrogens is 2. The van der Waals surface area contributed by atoms with E-state index in [0.717, 1.165) is 35.8 Å². The molecule has 51 heavy (non-hydrogen) atoms. The molecule has 3 aromatic rings. The number of nitrogens with zero attached hydrogens (tertiary/aromatic N) is 3. The van der Waals surface area contributed by atoms with E-state index in [1.165, 1.54) is 10.6 Å². The second kappa shape index (κ2) is 13.9. The van der Waals surface area contributed by atoms with Crippen molar-refractivity contribution < 1.29 is 43.2 Å². The molecule has 0 radical (unpaired) electrons. The average Bonchev–Trinajstić information content (AvgIpc) is 3.48. The van der Waals surface area contributed by atoms with Crippen molar-refractivity contribution in [1.29, 1.82) is 0 Å². The predicted molar refractivity (Wildman–Crippen MR) is 180 cm³/mol. The third-order valence-corrected chi connectivity index (χ3v) is 10.6. The summed E-state index contributed by atoms with van der Waals surface area (Å²) in [6.45, 7) is 4.88. The van der Waals surface area contributed by atoms with Crippen molar-refractivity contribution in [2.45, 2.75) is 83.5 Å². The van der Waals surface area contributed by atoms with E-state index in [0.29, 0.717) is 60.6 Å². The van der Waals surface area contributed by atoms with Gasteiger partial charge in [0.05, 0.1) is 48.2 Å². The Kier molecular flexibility index (Phi) is 9.56. The van der Waals surface area contributed by atoms with Gasteiger partial charge in [-0.2, -0.15) is 0 Å². The number of rotatable bonds is 11. The zero-order chi connectivity index (χ0) is 36.0. The van der Waals surface area contributed by atoms with E-state index < -0.39 is 35.1 Å². The Hall–Kier alpha value is -4.44. The number of hydrogen-bond donors (Lipinski definition) is 4. The van der Waals surface area contributed by atoms with Gasteiger partial charge in [0.25, 0.3) is 5.56 Å². The Bertz CT molecular complexity index is 1980. The summed E-state index contributed by atoms with van der Waals surface area (Å²) in [5.41, 5.74) is 1.92. The number of pyridine rings is 2. The summed E-state index contributed by atoms with van der Waals surface area (Å²) in [4.78, 5) is 58.1. The van der Waals surface area contributed by atoms with Crippen LogP contribution in [0.3, 0.4) is 0 Å². The highest BCUT2D eigenvalue weighted by Gasteiger charge is 2.46. The summed E-state index contributed by atoms with van der Waals surface area (Å²) in [6, 6.07) is 2.48. The zero-order valence-corrected chi connectivity index (χ0v) is 28.7. The van der Waals surface area contributed by atoms with Crippen LogP contribution in [0.15, 0.2) is 16.9 Å². The van der Waals surface area contributed by atoms with Gasteiger partial charge in [0.1, 0.15) is 12.4 Å². The lowest BCUT2D eigenvalue weighted by atomic mass is 9.81. The standard InChI is InChI=1S/C36H42FN5O9/c1-3-36(48)23-14-27-32-21(16-42(27)33(44)22(23)18-51-34(36)45)31-25(8-7-20-19(2)24(37)15-26(40-32)30(20)31)39-28(43)17-41(10-9-38-35(46)47)11-13-50-29-6-4-5-12-49-29/h14-15,25,29,38,48H,3-13,16-18H2,1-2H3,(H,39,43)(H,46,47)/t25-,29?,36-/m0/s1. The average molecular weight is 708 g/mol. The lowest BCUT2D eigenvalue weighted by Crippen LogP contribution is -2.44. The zero-order valence-electron chi connectivity index (χ0n) is 28.7. The summed E-state index contributed by atoms with van der Waals surface area (Å²) in [5.74, 6) is -1.53. The molecule has 272 valence electrons. The molecule has 3 aliphatic heterocycles. The van der Waals surface area contributed by atoms with Crippen molar-refractivity contribution in [2.24, 2.45) is 0 Å². The van der Waals surface area contributed by atoms with Gasteiger partial charge in [-0.15, -0.1) is 0 Å². The third-order valence-electron chi connectivity index (χ3n) is 10.6. The van der Waals surface area contributed by atoms with Crippen LogP contribution in [-0.4, -0.2) is 88.3 Å². The molecule has 1 unspecified atom stereocenters. The fourth-order valence-electron chi connectivity index (χ4n) is 7.89. The van der Waals surface area contributed by atoms with Gasteiger partial charge >= 0.3 is 12.1 Å². The first-order valence-corrected chi connectivity index (χ1v) is 17.5. The Labute approximate surface area is 292 Å². The smallest absolute Gasteiger partial charge is 0.404 e. The van der Waals surface area contributed by atoms with Gasteiger partial charge in [-0.05, 0) is 68.2 Å². The number of aryl methyl sites for hydroxylation is 1. The Morgan fingerprint density at radius 2 is 2.00 bits per heavy atom. The minimum absolute atomic E-state index is 0.00317. The second-order valence-corrected chi connectivity index (χ2v) is 13.6. The first-order chi connectivity index (χ1) is 24.5. The summed E-state index contributed by atoms with van der Waals surface area (Å²) >= 11 is 0. The molecule has 7 rings (SSSR count). The topological polar surface area (TPSA) is 182 Å². The van der Waals surface area contributed by atoms with Crippen molar-refractivity contribution >= 4 is 28.9 Å². The normalized spacial score (nSPS) is 21.9. The highest BCUT2D eigenvalue weighted by molar-refractivity contribution is 5.94. The van der Waals surface area contributed by atoms with E-state index in [1.54, 1.807) is 19.9 Å². The number of benzene rings is 1. The molecule has 3 atom stereocenters. The Morgan fingerprint density at radius 3 is 2.75 bits per heavy atom. The van der Waals surface area contributed by atoms with Crippen LogP contribution in [0.4, 0.5) is 9.18 Å². The summed E-state index contributed by atoms with van der Waals surface area (Å²) in [7, 11) is 0. The number of carboxylic acid groups (broad SMARTS) is 1. The molecular weight excluding hydrogens is 665 g/mol. The van der Waals surface area contributed by atoms with Gasteiger partial charge in [0.2, 0.25) is 5.91 Å². The molecule has 1 fully saturated rings. The van der Waals surface area contributed by atoms with Crippen LogP contribution in [0.25, 0.3) is 22.3 Å². The van der Waals surface area contributed by atoms with Crippen LogP contribution < -0.4 is 16.2 Å². The van der Waals surface area contributed by atoms with Crippen LogP contribution in [0.5, 0.6) is 0 Å². The van der Waals surface area contributed by atoms with Gasteiger partial charge in [0.15, 0.2) is 11.9 Å². The molecule has 4 aliphatic rings. The van der Waals surface area contributed by atoms with Crippen LogP contribution in [0.1, 0.15) is 78.5 Å². The van der Waals surface area contributed by atoms with Crippen LogP contribution in [0, 0.1) is 12.7 Å². The van der Waals surface area contributed by atoms with Gasteiger partial charge in [-0.1, -0.05) is 6.92 Å². The van der Waals surface area contributed by atoms with Crippen molar-refractivity contribution in [3.8, 4) is 11.4 Å². The lowest BCUT2D eigenvalue weighted by molar-refractivity contribution is -0.172. The molecule has 14 nitrogen and oxygen atoms in total. The van der Waals surface area contributed by atoms with E-state index >= 15 is 4.39 Å². The minimum atomic E-state index is -2.00. The van der Waals surface area contributed by atoms with E-state index in [4.69, 9.17) is 24.3 Å². The molecule has 0 spiro atoms. The van der Waals surface area contributed by atoms with E-state index in [2.05, 4.69) is 10.6 Å². The number of halogens is 1. The minimum Gasteiger partial charge on any atom is -0.465 e. The quantitative estimate of drug-likeness (QED) is 0.168. The monoisotopic (exact) mass is 707 g/mol. The van der Waals surface area contributed by atoms with Crippen molar-refractivity contribution in [3.63, 3.8) is 0 Å². The maximum atomic E-state index is 15.3. The van der Waals surface area contributed by atoms with Gasteiger partial charge in [-0.3, -0.25) is 14.5 Å². The van der Waals surface area contributed by atoms with Crippen molar-refractivity contribution in [3.05, 3.63) is 61.7 Å². The number of hydrogen-bond acceptors (Lipinski definition) is 10. The maximum absolute atomic E-state index is 15.3. The van der Waals surface area contributed by atoms with E-state index in [-0.39, 0.29) is 62.5 Å². The second-order valence-electron chi connectivity index (χ2n) is 13.6. The summed E-state index contributed by atoms with van der Waals surface area (Å²) < 4.78 is 33.6. The van der Waals surface area contributed by atoms with E-state index in [1.807, 2.05) is 4.90 Å². The number of cyclic esters (lactones) is 1.